The topological polar surface area (TPSA) is 46.2 Å². The first-order valence-corrected chi connectivity index (χ1v) is 9.23. The minimum Gasteiger partial charge on any atom is -0.312 e. The van der Waals surface area contributed by atoms with Crippen molar-refractivity contribution >= 4 is 25.8 Å². The fraction of sp³-hybridized carbons (Fsp3) is 0.571. The molecule has 106 valence electrons. The highest BCUT2D eigenvalue weighted by molar-refractivity contribution is 9.11. The molecule has 19 heavy (non-hydrogen) atoms. The summed E-state index contributed by atoms with van der Waals surface area (Å²) in [7, 11) is -3.29. The van der Waals surface area contributed by atoms with Crippen molar-refractivity contribution in [1.29, 1.82) is 0 Å². The van der Waals surface area contributed by atoms with Gasteiger partial charge in [-0.3, -0.25) is 0 Å². The molecule has 1 atom stereocenters. The van der Waals surface area contributed by atoms with E-state index in [9.17, 15) is 8.42 Å². The summed E-state index contributed by atoms with van der Waals surface area (Å²) >= 11 is 3.31. The highest BCUT2D eigenvalue weighted by atomic mass is 79.9. The van der Waals surface area contributed by atoms with Gasteiger partial charge in [-0.25, -0.2) is 8.42 Å². The Morgan fingerprint density at radius 1 is 1.16 bits per heavy atom. The molecule has 1 aliphatic rings. The van der Waals surface area contributed by atoms with Crippen LogP contribution in [0.1, 0.15) is 32.1 Å². The van der Waals surface area contributed by atoms with Gasteiger partial charge in [-0.2, -0.15) is 0 Å². The number of sulfone groups is 1. The molecule has 1 N–H and O–H groups in total. The lowest BCUT2D eigenvalue weighted by Gasteiger charge is -2.24. The molecule has 0 heterocycles. The van der Waals surface area contributed by atoms with E-state index >= 15 is 0 Å². The van der Waals surface area contributed by atoms with Gasteiger partial charge in [0, 0.05) is 12.6 Å². The lowest BCUT2D eigenvalue weighted by Crippen LogP contribution is -2.37. The normalized spacial score (nSPS) is 19.2. The van der Waals surface area contributed by atoms with Gasteiger partial charge < -0.3 is 5.32 Å². The zero-order valence-electron chi connectivity index (χ0n) is 10.9. The first-order valence-electron chi connectivity index (χ1n) is 6.77. The number of benzene rings is 1. The summed E-state index contributed by atoms with van der Waals surface area (Å²) in [6.45, 7) is 0.460. The Labute approximate surface area is 123 Å². The molecule has 1 aromatic rings. The van der Waals surface area contributed by atoms with Gasteiger partial charge in [0.05, 0.1) is 4.90 Å². The lowest BCUT2D eigenvalue weighted by molar-refractivity contribution is 0.379. The molecule has 0 saturated heterocycles. The van der Waals surface area contributed by atoms with Crippen molar-refractivity contribution in [3.05, 3.63) is 30.3 Å². The quantitative estimate of drug-likeness (QED) is 0.834. The number of halogens is 1. The van der Waals surface area contributed by atoms with Gasteiger partial charge in [0.1, 0.15) is 4.16 Å². The van der Waals surface area contributed by atoms with Crippen molar-refractivity contribution in [2.24, 2.45) is 0 Å². The summed E-state index contributed by atoms with van der Waals surface area (Å²) < 4.78 is 24.1. The van der Waals surface area contributed by atoms with Gasteiger partial charge >= 0.3 is 0 Å². The van der Waals surface area contributed by atoms with Crippen molar-refractivity contribution in [3.8, 4) is 0 Å². The maximum Gasteiger partial charge on any atom is 0.192 e. The number of alkyl halides is 1. The van der Waals surface area contributed by atoms with Gasteiger partial charge in [-0.05, 0) is 25.0 Å². The van der Waals surface area contributed by atoms with Crippen LogP contribution in [0.25, 0.3) is 0 Å². The molecule has 1 saturated carbocycles. The Kier molecular flexibility index (Phi) is 5.42. The molecule has 0 aromatic heterocycles. The third kappa shape index (κ3) is 4.04. The van der Waals surface area contributed by atoms with E-state index in [1.165, 1.54) is 19.3 Å². The summed E-state index contributed by atoms with van der Waals surface area (Å²) in [6, 6.07) is 9.08. The van der Waals surface area contributed by atoms with Crippen LogP contribution in [-0.4, -0.2) is 25.2 Å². The molecule has 2 rings (SSSR count). The largest absolute Gasteiger partial charge is 0.312 e. The zero-order valence-corrected chi connectivity index (χ0v) is 13.3. The second-order valence-electron chi connectivity index (χ2n) is 5.01. The van der Waals surface area contributed by atoms with E-state index in [1.807, 2.05) is 6.07 Å². The van der Waals surface area contributed by atoms with E-state index in [0.717, 1.165) is 12.8 Å². The van der Waals surface area contributed by atoms with E-state index in [2.05, 4.69) is 21.2 Å². The van der Waals surface area contributed by atoms with Crippen molar-refractivity contribution in [1.82, 2.24) is 5.32 Å². The van der Waals surface area contributed by atoms with Crippen molar-refractivity contribution < 1.29 is 8.42 Å². The first kappa shape index (κ1) is 15.0. The van der Waals surface area contributed by atoms with Crippen molar-refractivity contribution in [2.45, 2.75) is 47.2 Å². The van der Waals surface area contributed by atoms with Crippen molar-refractivity contribution in [3.63, 3.8) is 0 Å². The van der Waals surface area contributed by atoms with Crippen LogP contribution in [-0.2, 0) is 9.84 Å². The van der Waals surface area contributed by atoms with Crippen LogP contribution in [0.4, 0.5) is 0 Å². The smallest absolute Gasteiger partial charge is 0.192 e. The SMILES string of the molecule is O=S(=O)(c1ccccc1)C(Br)CNC1CCCCC1. The number of hydrogen-bond acceptors (Lipinski definition) is 3. The molecule has 0 bridgehead atoms. The standard InChI is InChI=1S/C14H20BrNO2S/c15-14(11-16-12-7-3-1-4-8-12)19(17,18)13-9-5-2-6-10-13/h2,5-6,9-10,12,14,16H,1,3-4,7-8,11H2. The highest BCUT2D eigenvalue weighted by Crippen LogP contribution is 2.21. The second-order valence-corrected chi connectivity index (χ2v) is 8.85. The predicted molar refractivity (Wildman–Crippen MR) is 81.2 cm³/mol. The molecule has 1 unspecified atom stereocenters. The van der Waals surface area contributed by atoms with E-state index < -0.39 is 14.0 Å². The van der Waals surface area contributed by atoms with Gasteiger partial charge in [0.2, 0.25) is 0 Å². The summed E-state index contributed by atoms with van der Waals surface area (Å²) in [5.41, 5.74) is 0. The number of rotatable bonds is 5. The predicted octanol–water partition coefficient (Wildman–Crippen LogP) is 3.10. The minimum atomic E-state index is -3.29. The van der Waals surface area contributed by atoms with Crippen molar-refractivity contribution in [2.75, 3.05) is 6.54 Å². The minimum absolute atomic E-state index is 0.377. The zero-order chi connectivity index (χ0) is 13.7. The molecule has 0 radical (unpaired) electrons. The number of hydrogen-bond donors (Lipinski definition) is 1. The third-order valence-electron chi connectivity index (χ3n) is 3.58. The van der Waals surface area contributed by atoms with E-state index in [0.29, 0.717) is 17.5 Å². The van der Waals surface area contributed by atoms with Crippen LogP contribution < -0.4 is 5.32 Å². The van der Waals surface area contributed by atoms with E-state index in [1.54, 1.807) is 24.3 Å². The van der Waals surface area contributed by atoms with Gasteiger partial charge in [0.25, 0.3) is 0 Å². The van der Waals surface area contributed by atoms with E-state index in [-0.39, 0.29) is 0 Å². The van der Waals surface area contributed by atoms with Crippen LogP contribution in [0.2, 0.25) is 0 Å². The van der Waals surface area contributed by atoms with Gasteiger partial charge in [-0.1, -0.05) is 53.4 Å². The first-order chi connectivity index (χ1) is 9.10. The Hall–Kier alpha value is -0.390. The average Bonchev–Trinajstić information content (AvgIpc) is 2.46. The van der Waals surface area contributed by atoms with Crippen LogP contribution in [0.3, 0.4) is 0 Å². The third-order valence-corrected chi connectivity index (χ3v) is 7.15. The molecule has 1 aromatic carbocycles. The summed E-state index contributed by atoms with van der Waals surface area (Å²) in [6.07, 6.45) is 6.11. The molecule has 3 nitrogen and oxygen atoms in total. The maximum absolute atomic E-state index is 12.3. The summed E-state index contributed by atoms with van der Waals surface area (Å²) in [4.78, 5) is 0.377. The van der Waals surface area contributed by atoms with Crippen LogP contribution in [0.5, 0.6) is 0 Å². The number of nitrogens with one attached hydrogen (secondary N) is 1. The molecule has 0 spiro atoms. The molecular formula is C14H20BrNO2S. The lowest BCUT2D eigenvalue weighted by atomic mass is 9.96. The molecule has 0 amide bonds. The van der Waals surface area contributed by atoms with E-state index in [4.69, 9.17) is 0 Å². The summed E-state index contributed by atoms with van der Waals surface area (Å²) in [5.74, 6) is 0. The summed E-state index contributed by atoms with van der Waals surface area (Å²) in [5, 5.41) is 3.37. The molecular weight excluding hydrogens is 326 g/mol. The Bertz CT molecular complexity index is 483. The van der Waals surface area contributed by atoms with Crippen LogP contribution in [0.15, 0.2) is 35.2 Å². The monoisotopic (exact) mass is 345 g/mol. The Morgan fingerprint density at radius 2 is 1.79 bits per heavy atom. The van der Waals surface area contributed by atoms with Gasteiger partial charge in [0.15, 0.2) is 9.84 Å². The Morgan fingerprint density at radius 3 is 2.42 bits per heavy atom. The molecule has 5 heteroatoms. The fourth-order valence-electron chi connectivity index (χ4n) is 2.43. The van der Waals surface area contributed by atoms with Crippen LogP contribution >= 0.6 is 15.9 Å². The molecule has 1 aliphatic carbocycles. The highest BCUT2D eigenvalue weighted by Gasteiger charge is 2.25. The Balaban J connectivity index is 1.93. The maximum atomic E-state index is 12.3. The van der Waals surface area contributed by atoms with Crippen LogP contribution in [0, 0.1) is 0 Å². The molecule has 0 aliphatic heterocycles. The molecule has 1 fully saturated rings. The second kappa shape index (κ2) is 6.86. The van der Waals surface area contributed by atoms with Gasteiger partial charge in [-0.15, -0.1) is 0 Å². The average molecular weight is 346 g/mol. The fourth-order valence-corrected chi connectivity index (χ4v) is 4.42.